The highest BCUT2D eigenvalue weighted by atomic mass is 19.1. The quantitative estimate of drug-likeness (QED) is 0.853. The van der Waals surface area contributed by atoms with Crippen LogP contribution in [0.3, 0.4) is 0 Å². The summed E-state index contributed by atoms with van der Waals surface area (Å²) in [6.07, 6.45) is 4.64. The summed E-state index contributed by atoms with van der Waals surface area (Å²) in [5.41, 5.74) is -0.386. The lowest BCUT2D eigenvalue weighted by molar-refractivity contribution is -0.0385. The minimum atomic E-state index is -0.502. The van der Waals surface area contributed by atoms with Crippen LogP contribution in [0.4, 0.5) is 8.78 Å². The van der Waals surface area contributed by atoms with E-state index in [-0.39, 0.29) is 5.56 Å². The highest BCUT2D eigenvalue weighted by Crippen LogP contribution is 2.43. The van der Waals surface area contributed by atoms with Crippen molar-refractivity contribution >= 4 is 0 Å². The maximum absolute atomic E-state index is 14.2. The second-order valence-electron chi connectivity index (χ2n) is 5.50. The smallest absolute Gasteiger partial charge is 0.131 e. The van der Waals surface area contributed by atoms with Crippen molar-refractivity contribution in [2.24, 2.45) is 0 Å². The maximum atomic E-state index is 14.2. The van der Waals surface area contributed by atoms with Gasteiger partial charge < -0.3 is 10.1 Å². The van der Waals surface area contributed by atoms with E-state index in [0.29, 0.717) is 6.54 Å². The Labute approximate surface area is 119 Å². The number of nitrogens with one attached hydrogen (secondary N) is 1. The molecule has 0 heterocycles. The second-order valence-corrected chi connectivity index (χ2v) is 5.50. The number of rotatable bonds is 6. The number of ether oxygens (including phenoxy) is 1. The van der Waals surface area contributed by atoms with Crippen molar-refractivity contribution in [3.8, 4) is 0 Å². The lowest BCUT2D eigenvalue weighted by atomic mass is 9.86. The number of hydrogen-bond acceptors (Lipinski definition) is 2. The van der Waals surface area contributed by atoms with Crippen LogP contribution in [0.5, 0.6) is 0 Å². The van der Waals surface area contributed by atoms with E-state index in [4.69, 9.17) is 4.74 Å². The van der Waals surface area contributed by atoms with Crippen LogP contribution in [0.1, 0.15) is 50.6 Å². The molecule has 20 heavy (non-hydrogen) atoms. The van der Waals surface area contributed by atoms with Gasteiger partial charge in [-0.15, -0.1) is 0 Å². The third-order valence-electron chi connectivity index (χ3n) is 4.27. The standard InChI is InChI=1S/C16H23F2NO/c1-3-11-19-15(16(20-2)9-4-5-10-16)14-12(17)7-6-8-13(14)18/h6-8,15,19H,3-5,9-11H2,1-2H3. The van der Waals surface area contributed by atoms with Crippen LogP contribution in [0, 0.1) is 11.6 Å². The van der Waals surface area contributed by atoms with Gasteiger partial charge >= 0.3 is 0 Å². The third-order valence-corrected chi connectivity index (χ3v) is 4.27. The summed E-state index contributed by atoms with van der Waals surface area (Å²) in [6, 6.07) is 3.60. The molecule has 0 amide bonds. The first-order valence-corrected chi connectivity index (χ1v) is 7.37. The molecule has 1 aromatic carbocycles. The Morgan fingerprint density at radius 3 is 2.35 bits per heavy atom. The highest BCUT2D eigenvalue weighted by Gasteiger charge is 2.44. The van der Waals surface area contributed by atoms with E-state index in [2.05, 4.69) is 5.32 Å². The molecule has 2 nitrogen and oxygen atoms in total. The first-order chi connectivity index (χ1) is 9.64. The lowest BCUT2D eigenvalue weighted by Crippen LogP contribution is -2.44. The van der Waals surface area contributed by atoms with Crippen LogP contribution in [0.25, 0.3) is 0 Å². The van der Waals surface area contributed by atoms with Gasteiger partial charge in [0.1, 0.15) is 11.6 Å². The van der Waals surface area contributed by atoms with Gasteiger partial charge in [-0.05, 0) is 37.9 Å². The predicted molar refractivity (Wildman–Crippen MR) is 75.6 cm³/mol. The molecule has 0 aromatic heterocycles. The zero-order valence-corrected chi connectivity index (χ0v) is 12.2. The predicted octanol–water partition coefficient (Wildman–Crippen LogP) is 3.96. The monoisotopic (exact) mass is 283 g/mol. The normalized spacial score (nSPS) is 19.2. The Hall–Kier alpha value is -1.00. The van der Waals surface area contributed by atoms with Gasteiger partial charge in [0.15, 0.2) is 0 Å². The molecule has 1 N–H and O–H groups in total. The minimum Gasteiger partial charge on any atom is -0.376 e. The van der Waals surface area contributed by atoms with Crippen molar-refractivity contribution in [1.29, 1.82) is 0 Å². The fraction of sp³-hybridized carbons (Fsp3) is 0.625. The summed E-state index contributed by atoms with van der Waals surface area (Å²) < 4.78 is 34.0. The first kappa shape index (κ1) is 15.4. The fourth-order valence-corrected chi connectivity index (χ4v) is 3.21. The average Bonchev–Trinajstić information content (AvgIpc) is 2.92. The van der Waals surface area contributed by atoms with Gasteiger partial charge in [0, 0.05) is 12.7 Å². The molecular weight excluding hydrogens is 260 g/mol. The average molecular weight is 283 g/mol. The van der Waals surface area contributed by atoms with Crippen LogP contribution in [0.2, 0.25) is 0 Å². The van der Waals surface area contributed by atoms with Crippen molar-refractivity contribution < 1.29 is 13.5 Å². The molecule has 1 saturated carbocycles. The highest BCUT2D eigenvalue weighted by molar-refractivity contribution is 5.27. The van der Waals surface area contributed by atoms with Crippen molar-refractivity contribution in [2.45, 2.75) is 50.7 Å². The van der Waals surface area contributed by atoms with E-state index < -0.39 is 23.3 Å². The van der Waals surface area contributed by atoms with Gasteiger partial charge in [-0.25, -0.2) is 8.78 Å². The van der Waals surface area contributed by atoms with Crippen molar-refractivity contribution in [3.05, 3.63) is 35.4 Å². The van der Waals surface area contributed by atoms with E-state index in [1.807, 2.05) is 6.92 Å². The summed E-state index contributed by atoms with van der Waals surface area (Å²) in [5.74, 6) is -0.996. The van der Waals surface area contributed by atoms with Crippen LogP contribution < -0.4 is 5.32 Å². The van der Waals surface area contributed by atoms with E-state index in [1.54, 1.807) is 7.11 Å². The first-order valence-electron chi connectivity index (χ1n) is 7.37. The molecular formula is C16H23F2NO. The molecule has 1 aliphatic carbocycles. The second kappa shape index (κ2) is 6.64. The number of methoxy groups -OCH3 is 1. The lowest BCUT2D eigenvalue weighted by Gasteiger charge is -2.37. The summed E-state index contributed by atoms with van der Waals surface area (Å²) in [7, 11) is 1.64. The summed E-state index contributed by atoms with van der Waals surface area (Å²) in [4.78, 5) is 0. The Kier molecular flexibility index (Phi) is 5.11. The molecule has 1 fully saturated rings. The third kappa shape index (κ3) is 2.86. The Morgan fingerprint density at radius 1 is 1.25 bits per heavy atom. The molecule has 0 radical (unpaired) electrons. The van der Waals surface area contributed by atoms with Gasteiger partial charge in [-0.2, -0.15) is 0 Å². The van der Waals surface area contributed by atoms with Crippen molar-refractivity contribution in [2.75, 3.05) is 13.7 Å². The largest absolute Gasteiger partial charge is 0.376 e. The van der Waals surface area contributed by atoms with E-state index >= 15 is 0 Å². The summed E-state index contributed by atoms with van der Waals surface area (Å²) in [6.45, 7) is 2.75. The molecule has 112 valence electrons. The van der Waals surface area contributed by atoms with Crippen LogP contribution in [0.15, 0.2) is 18.2 Å². The van der Waals surface area contributed by atoms with E-state index in [1.165, 1.54) is 18.2 Å². The molecule has 0 spiro atoms. The van der Waals surface area contributed by atoms with Crippen molar-refractivity contribution in [1.82, 2.24) is 5.32 Å². The van der Waals surface area contributed by atoms with Crippen LogP contribution in [-0.4, -0.2) is 19.3 Å². The topological polar surface area (TPSA) is 21.3 Å². The van der Waals surface area contributed by atoms with Gasteiger partial charge in [0.25, 0.3) is 0 Å². The minimum absolute atomic E-state index is 0.115. The Morgan fingerprint density at radius 2 is 1.85 bits per heavy atom. The van der Waals surface area contributed by atoms with E-state index in [9.17, 15) is 8.78 Å². The molecule has 2 rings (SSSR count). The Balaban J connectivity index is 2.41. The van der Waals surface area contributed by atoms with Gasteiger partial charge in [-0.3, -0.25) is 0 Å². The zero-order chi connectivity index (χ0) is 14.6. The number of halogens is 2. The van der Waals surface area contributed by atoms with Crippen LogP contribution >= 0.6 is 0 Å². The summed E-state index contributed by atoms with van der Waals surface area (Å²) in [5, 5.41) is 3.30. The molecule has 1 atom stereocenters. The van der Waals surface area contributed by atoms with Gasteiger partial charge in [0.2, 0.25) is 0 Å². The molecule has 0 aliphatic heterocycles. The molecule has 4 heteroatoms. The molecule has 1 unspecified atom stereocenters. The number of benzene rings is 1. The molecule has 1 aliphatic rings. The van der Waals surface area contributed by atoms with Gasteiger partial charge in [0.05, 0.1) is 11.6 Å². The van der Waals surface area contributed by atoms with Crippen molar-refractivity contribution in [3.63, 3.8) is 0 Å². The van der Waals surface area contributed by atoms with Crippen LogP contribution in [-0.2, 0) is 4.74 Å². The fourth-order valence-electron chi connectivity index (χ4n) is 3.21. The molecule has 0 bridgehead atoms. The number of hydrogen-bond donors (Lipinski definition) is 1. The zero-order valence-electron chi connectivity index (χ0n) is 12.2. The SMILES string of the molecule is CCCNC(c1c(F)cccc1F)C1(OC)CCCC1. The van der Waals surface area contributed by atoms with E-state index in [0.717, 1.165) is 32.1 Å². The Bertz CT molecular complexity index is 424. The summed E-state index contributed by atoms with van der Waals surface area (Å²) >= 11 is 0. The molecule has 1 aromatic rings. The maximum Gasteiger partial charge on any atom is 0.131 e. The van der Waals surface area contributed by atoms with Gasteiger partial charge in [-0.1, -0.05) is 25.8 Å². The molecule has 0 saturated heterocycles.